The Labute approximate surface area is 67.8 Å². The molecule has 1 nitrogen and oxygen atoms in total. The van der Waals surface area contributed by atoms with Crippen molar-refractivity contribution in [2.75, 3.05) is 18.1 Å². The van der Waals surface area contributed by atoms with Crippen LogP contribution in [0.4, 0.5) is 0 Å². The Hall–Kier alpha value is 0.310. The summed E-state index contributed by atoms with van der Waals surface area (Å²) in [6.45, 7) is 0.884. The molecule has 0 radical (unpaired) electrons. The van der Waals surface area contributed by atoms with E-state index in [-0.39, 0.29) is 0 Å². The molecule has 0 aromatic heterocycles. The molecule has 1 fully saturated rings. The molecular weight excluding hydrogens is 142 g/mol. The normalized spacial score (nSPS) is 27.9. The molecule has 1 unspecified atom stereocenters. The van der Waals surface area contributed by atoms with Crippen LogP contribution in [0.15, 0.2) is 0 Å². The van der Waals surface area contributed by atoms with Crippen molar-refractivity contribution in [3.63, 3.8) is 0 Å². The minimum atomic E-state index is 0.884. The Kier molecular flexibility index (Phi) is 4.23. The summed E-state index contributed by atoms with van der Waals surface area (Å²) < 4.78 is 0. The predicted molar refractivity (Wildman–Crippen MR) is 48.3 cm³/mol. The van der Waals surface area contributed by atoms with Gasteiger partial charge in [0.05, 0.1) is 0 Å². The van der Waals surface area contributed by atoms with Crippen molar-refractivity contribution in [2.24, 2.45) is 11.7 Å². The number of nitrogens with two attached hydrogens (primary N) is 1. The lowest BCUT2D eigenvalue weighted by Gasteiger charge is -2.10. The third kappa shape index (κ3) is 2.93. The van der Waals surface area contributed by atoms with Crippen molar-refractivity contribution in [1.82, 2.24) is 0 Å². The summed E-state index contributed by atoms with van der Waals surface area (Å²) in [6, 6.07) is 0. The van der Waals surface area contributed by atoms with Crippen molar-refractivity contribution in [3.05, 3.63) is 0 Å². The Morgan fingerprint density at radius 1 is 1.30 bits per heavy atom. The summed E-state index contributed by atoms with van der Waals surface area (Å²) >= 11 is 2.10. The highest BCUT2D eigenvalue weighted by atomic mass is 32.2. The van der Waals surface area contributed by atoms with E-state index in [4.69, 9.17) is 5.73 Å². The Morgan fingerprint density at radius 3 is 3.00 bits per heavy atom. The molecule has 0 aromatic rings. The summed E-state index contributed by atoms with van der Waals surface area (Å²) in [5.74, 6) is 3.69. The highest BCUT2D eigenvalue weighted by Gasteiger charge is 2.10. The molecule has 0 aromatic carbocycles. The highest BCUT2D eigenvalue weighted by Crippen LogP contribution is 2.23. The molecule has 2 heteroatoms. The van der Waals surface area contributed by atoms with Gasteiger partial charge in [-0.05, 0) is 49.7 Å². The summed E-state index contributed by atoms with van der Waals surface area (Å²) in [5.41, 5.74) is 5.50. The fourth-order valence-electron chi connectivity index (χ4n) is 1.49. The molecule has 0 saturated carbocycles. The Balaban J connectivity index is 2.15. The van der Waals surface area contributed by atoms with Gasteiger partial charge in [0.15, 0.2) is 0 Å². The third-order valence-electron chi connectivity index (χ3n) is 2.15. The molecule has 1 aliphatic rings. The SMILES string of the molecule is NCCC1CCCSCC1. The molecule has 0 bridgehead atoms. The fourth-order valence-corrected chi connectivity index (χ4v) is 2.57. The van der Waals surface area contributed by atoms with Crippen molar-refractivity contribution >= 4 is 11.8 Å². The second-order valence-corrected chi connectivity index (χ2v) is 4.21. The molecule has 2 N–H and O–H groups in total. The average Bonchev–Trinajstić information content (AvgIpc) is 2.17. The lowest BCUT2D eigenvalue weighted by atomic mass is 9.97. The van der Waals surface area contributed by atoms with Crippen LogP contribution in [0, 0.1) is 5.92 Å². The molecule has 1 aliphatic heterocycles. The summed E-state index contributed by atoms with van der Waals surface area (Å²) in [5, 5.41) is 0. The molecule has 1 saturated heterocycles. The van der Waals surface area contributed by atoms with Crippen LogP contribution in [0.2, 0.25) is 0 Å². The second kappa shape index (κ2) is 5.03. The minimum Gasteiger partial charge on any atom is -0.330 e. The zero-order valence-corrected chi connectivity index (χ0v) is 7.33. The smallest absolute Gasteiger partial charge is 0.00649 e. The van der Waals surface area contributed by atoms with E-state index in [0.717, 1.165) is 12.5 Å². The monoisotopic (exact) mass is 159 g/mol. The third-order valence-corrected chi connectivity index (χ3v) is 3.25. The van der Waals surface area contributed by atoms with Crippen molar-refractivity contribution in [2.45, 2.75) is 25.7 Å². The van der Waals surface area contributed by atoms with E-state index in [2.05, 4.69) is 11.8 Å². The van der Waals surface area contributed by atoms with Crippen molar-refractivity contribution in [3.8, 4) is 0 Å². The number of hydrogen-bond acceptors (Lipinski definition) is 2. The molecule has 1 rings (SSSR count). The van der Waals surface area contributed by atoms with E-state index in [1.54, 1.807) is 0 Å². The molecule has 0 aliphatic carbocycles. The van der Waals surface area contributed by atoms with Crippen LogP contribution >= 0.6 is 11.8 Å². The molecular formula is C8H17NS. The van der Waals surface area contributed by atoms with E-state index in [9.17, 15) is 0 Å². The number of thioether (sulfide) groups is 1. The maximum atomic E-state index is 5.50. The van der Waals surface area contributed by atoms with Gasteiger partial charge in [-0.2, -0.15) is 11.8 Å². The first-order valence-electron chi connectivity index (χ1n) is 4.21. The minimum absolute atomic E-state index is 0.884. The number of rotatable bonds is 2. The van der Waals surface area contributed by atoms with Gasteiger partial charge in [0.25, 0.3) is 0 Å². The average molecular weight is 159 g/mol. The summed E-state index contributed by atoms with van der Waals surface area (Å²) in [4.78, 5) is 0. The molecule has 0 amide bonds. The van der Waals surface area contributed by atoms with Gasteiger partial charge < -0.3 is 5.73 Å². The zero-order valence-electron chi connectivity index (χ0n) is 6.51. The van der Waals surface area contributed by atoms with Gasteiger partial charge in [0.1, 0.15) is 0 Å². The van der Waals surface area contributed by atoms with Crippen LogP contribution in [0.5, 0.6) is 0 Å². The van der Waals surface area contributed by atoms with Crippen LogP contribution < -0.4 is 5.73 Å². The lowest BCUT2D eigenvalue weighted by Crippen LogP contribution is -2.08. The maximum Gasteiger partial charge on any atom is -0.00649 e. The highest BCUT2D eigenvalue weighted by molar-refractivity contribution is 7.99. The first-order valence-corrected chi connectivity index (χ1v) is 5.37. The zero-order chi connectivity index (χ0) is 7.23. The predicted octanol–water partition coefficient (Wildman–Crippen LogP) is 1.87. The van der Waals surface area contributed by atoms with Crippen molar-refractivity contribution in [1.29, 1.82) is 0 Å². The van der Waals surface area contributed by atoms with E-state index >= 15 is 0 Å². The Morgan fingerprint density at radius 2 is 2.20 bits per heavy atom. The molecule has 1 atom stereocenters. The van der Waals surface area contributed by atoms with Gasteiger partial charge in [-0.25, -0.2) is 0 Å². The lowest BCUT2D eigenvalue weighted by molar-refractivity contribution is 0.448. The largest absolute Gasteiger partial charge is 0.330 e. The van der Waals surface area contributed by atoms with E-state index in [1.165, 1.54) is 37.2 Å². The summed E-state index contributed by atoms with van der Waals surface area (Å²) in [7, 11) is 0. The maximum absolute atomic E-state index is 5.50. The van der Waals surface area contributed by atoms with Crippen LogP contribution in [0.3, 0.4) is 0 Å². The van der Waals surface area contributed by atoms with Gasteiger partial charge in [-0.3, -0.25) is 0 Å². The van der Waals surface area contributed by atoms with Gasteiger partial charge >= 0.3 is 0 Å². The van der Waals surface area contributed by atoms with Gasteiger partial charge in [0, 0.05) is 0 Å². The first kappa shape index (κ1) is 8.41. The Bertz CT molecular complexity index is 77.3. The quantitative estimate of drug-likeness (QED) is 0.665. The van der Waals surface area contributed by atoms with Crippen LogP contribution in [-0.2, 0) is 0 Å². The molecule has 1 heterocycles. The molecule has 60 valence electrons. The van der Waals surface area contributed by atoms with E-state index in [0.29, 0.717) is 0 Å². The topological polar surface area (TPSA) is 26.0 Å². The van der Waals surface area contributed by atoms with E-state index in [1.807, 2.05) is 0 Å². The van der Waals surface area contributed by atoms with Gasteiger partial charge in [0.2, 0.25) is 0 Å². The first-order chi connectivity index (χ1) is 4.93. The standard InChI is InChI=1S/C8H17NS/c9-5-3-8-2-1-6-10-7-4-8/h8H,1-7,9H2. The van der Waals surface area contributed by atoms with Crippen molar-refractivity contribution < 1.29 is 0 Å². The van der Waals surface area contributed by atoms with Crippen LogP contribution in [0.1, 0.15) is 25.7 Å². The van der Waals surface area contributed by atoms with Gasteiger partial charge in [-0.15, -0.1) is 0 Å². The second-order valence-electron chi connectivity index (χ2n) is 2.99. The van der Waals surface area contributed by atoms with E-state index < -0.39 is 0 Å². The van der Waals surface area contributed by atoms with Gasteiger partial charge in [-0.1, -0.05) is 0 Å². The fraction of sp³-hybridized carbons (Fsp3) is 1.00. The van der Waals surface area contributed by atoms with Crippen LogP contribution in [-0.4, -0.2) is 18.1 Å². The molecule has 0 spiro atoms. The molecule has 10 heavy (non-hydrogen) atoms. The number of hydrogen-bond donors (Lipinski definition) is 1. The summed E-state index contributed by atoms with van der Waals surface area (Å²) in [6.07, 6.45) is 5.49. The van der Waals surface area contributed by atoms with Crippen LogP contribution in [0.25, 0.3) is 0 Å².